The van der Waals surface area contributed by atoms with Crippen LogP contribution in [0.2, 0.25) is 0 Å². The lowest BCUT2D eigenvalue weighted by molar-refractivity contribution is 0.277. The van der Waals surface area contributed by atoms with Gasteiger partial charge in [0.15, 0.2) is 11.2 Å². The Morgan fingerprint density at radius 2 is 1.97 bits per heavy atom. The highest BCUT2D eigenvalue weighted by molar-refractivity contribution is 7.91. The lowest BCUT2D eigenvalue weighted by Crippen LogP contribution is -2.40. The number of allylic oxidation sites excluding steroid dienone is 4. The maximum Gasteiger partial charge on any atom is 0.332 e. The third-order valence-corrected chi connectivity index (χ3v) is 7.34. The summed E-state index contributed by atoms with van der Waals surface area (Å²) in [6.07, 6.45) is 6.69. The van der Waals surface area contributed by atoms with Crippen LogP contribution in [0.1, 0.15) is 33.1 Å². The largest absolute Gasteiger partial charge is 0.396 e. The predicted octanol–water partition coefficient (Wildman–Crippen LogP) is 1.64. The summed E-state index contributed by atoms with van der Waals surface area (Å²) in [6, 6.07) is 0. The van der Waals surface area contributed by atoms with Crippen molar-refractivity contribution < 1.29 is 13.5 Å². The van der Waals surface area contributed by atoms with Crippen molar-refractivity contribution in [1.29, 1.82) is 0 Å². The van der Waals surface area contributed by atoms with Gasteiger partial charge >= 0.3 is 5.69 Å². The topological polar surface area (TPSA) is 116 Å². The van der Waals surface area contributed by atoms with Crippen LogP contribution in [-0.4, -0.2) is 44.6 Å². The van der Waals surface area contributed by atoms with Crippen molar-refractivity contribution >= 4 is 32.6 Å². The highest BCUT2D eigenvalue weighted by Gasteiger charge is 2.29. The van der Waals surface area contributed by atoms with E-state index >= 15 is 0 Å². The average molecular weight is 471 g/mol. The number of sulfone groups is 1. The summed E-state index contributed by atoms with van der Waals surface area (Å²) in [5.74, 6) is -0.194. The van der Waals surface area contributed by atoms with Gasteiger partial charge in [-0.15, -0.1) is 0 Å². The van der Waals surface area contributed by atoms with Gasteiger partial charge in [-0.2, -0.15) is 4.98 Å². The number of hydrogen-bond donors (Lipinski definition) is 1. The summed E-state index contributed by atoms with van der Waals surface area (Å²) >= 11 is 6.00. The second kappa shape index (κ2) is 9.54. The summed E-state index contributed by atoms with van der Waals surface area (Å²) in [4.78, 5) is 30.5. The van der Waals surface area contributed by atoms with Crippen LogP contribution in [0.25, 0.3) is 11.2 Å². The summed E-state index contributed by atoms with van der Waals surface area (Å²) in [5.41, 5.74) is -1.01. The zero-order chi connectivity index (χ0) is 22.8. The fourth-order valence-corrected chi connectivity index (χ4v) is 5.37. The second-order valence-corrected chi connectivity index (χ2v) is 9.94. The Morgan fingerprint density at radius 3 is 2.55 bits per heavy atom. The van der Waals surface area contributed by atoms with E-state index in [2.05, 4.69) is 4.98 Å². The quantitative estimate of drug-likeness (QED) is 0.595. The molecule has 1 atom stereocenters. The first-order valence-electron chi connectivity index (χ1n) is 10.4. The molecule has 11 heteroatoms. The van der Waals surface area contributed by atoms with Crippen molar-refractivity contribution in [2.75, 3.05) is 12.4 Å². The first-order chi connectivity index (χ1) is 14.7. The fraction of sp³-hybridized carbons (Fsp3) is 0.550. The van der Waals surface area contributed by atoms with E-state index in [1.807, 2.05) is 12.2 Å². The fourth-order valence-electron chi connectivity index (χ4n) is 3.76. The van der Waals surface area contributed by atoms with Gasteiger partial charge in [0.05, 0.1) is 5.75 Å². The molecule has 0 bridgehead atoms. The van der Waals surface area contributed by atoms with Crippen molar-refractivity contribution in [3.8, 4) is 0 Å². The van der Waals surface area contributed by atoms with Gasteiger partial charge in [0.1, 0.15) is 0 Å². The monoisotopic (exact) mass is 470 g/mol. The Morgan fingerprint density at radius 1 is 1.23 bits per heavy atom. The third kappa shape index (κ3) is 4.56. The minimum atomic E-state index is -3.77. The molecule has 0 amide bonds. The van der Waals surface area contributed by atoms with Crippen LogP contribution in [0.4, 0.5) is 0 Å². The number of halogens is 1. The molecule has 0 saturated carbocycles. The summed E-state index contributed by atoms with van der Waals surface area (Å²) in [6.45, 7) is 3.78. The Balaban J connectivity index is 2.32. The van der Waals surface area contributed by atoms with Gasteiger partial charge in [-0.25, -0.2) is 13.2 Å². The first-order valence-corrected chi connectivity index (χ1v) is 12.4. The lowest BCUT2D eigenvalue weighted by atomic mass is 10.0. The number of fused-ring (bicyclic) bond motifs is 1. The zero-order valence-electron chi connectivity index (χ0n) is 17.6. The Labute approximate surface area is 185 Å². The standard InChI is InChI=1S/C20H27ClN4O5S/c1-3-12-31(29,30)19-22-17-16(25(19)13-14-6-8-15(21)9-7-14)18(27)24(10-5-11-26)20(28)23(17)4-2/h6,8-9,14,26H,3-5,7,10-13H2,1-2H3. The molecule has 0 radical (unpaired) electrons. The van der Waals surface area contributed by atoms with Crippen molar-refractivity contribution in [3.63, 3.8) is 0 Å². The van der Waals surface area contributed by atoms with Crippen LogP contribution in [0, 0.1) is 5.92 Å². The van der Waals surface area contributed by atoms with E-state index in [1.54, 1.807) is 19.9 Å². The van der Waals surface area contributed by atoms with Crippen LogP contribution in [0.15, 0.2) is 38.0 Å². The van der Waals surface area contributed by atoms with E-state index in [4.69, 9.17) is 16.7 Å². The summed E-state index contributed by atoms with van der Waals surface area (Å²) in [7, 11) is -3.77. The first kappa shape index (κ1) is 23.5. The van der Waals surface area contributed by atoms with Gasteiger partial charge in [-0.05, 0) is 38.2 Å². The van der Waals surface area contributed by atoms with Crippen LogP contribution in [-0.2, 0) is 29.5 Å². The molecule has 31 heavy (non-hydrogen) atoms. The maximum atomic E-state index is 13.3. The molecule has 2 aromatic heterocycles. The molecule has 9 nitrogen and oxygen atoms in total. The number of aromatic nitrogens is 4. The van der Waals surface area contributed by atoms with Crippen molar-refractivity contribution in [2.45, 2.75) is 57.9 Å². The molecule has 1 aliphatic rings. The van der Waals surface area contributed by atoms with Gasteiger partial charge in [-0.1, -0.05) is 30.7 Å². The smallest absolute Gasteiger partial charge is 0.332 e. The van der Waals surface area contributed by atoms with E-state index in [0.717, 1.165) is 4.57 Å². The number of rotatable bonds is 9. The molecule has 0 spiro atoms. The summed E-state index contributed by atoms with van der Waals surface area (Å²) in [5, 5.41) is 9.58. The van der Waals surface area contributed by atoms with Crippen molar-refractivity contribution in [3.05, 3.63) is 44.1 Å². The van der Waals surface area contributed by atoms with E-state index in [-0.39, 0.29) is 60.7 Å². The summed E-state index contributed by atoms with van der Waals surface area (Å²) < 4.78 is 29.8. The highest BCUT2D eigenvalue weighted by atomic mass is 35.5. The average Bonchev–Trinajstić information content (AvgIpc) is 3.10. The lowest BCUT2D eigenvalue weighted by Gasteiger charge is -2.17. The molecule has 1 N–H and O–H groups in total. The van der Waals surface area contributed by atoms with Crippen molar-refractivity contribution in [2.24, 2.45) is 5.92 Å². The van der Waals surface area contributed by atoms with Gasteiger partial charge in [-0.3, -0.25) is 13.9 Å². The maximum absolute atomic E-state index is 13.3. The second-order valence-electron chi connectivity index (χ2n) is 7.50. The minimum absolute atomic E-state index is 0.0357. The number of imidazole rings is 1. The number of hydrogen-bond acceptors (Lipinski definition) is 6. The third-order valence-electron chi connectivity index (χ3n) is 5.25. The van der Waals surface area contributed by atoms with Gasteiger partial charge in [0.25, 0.3) is 5.56 Å². The van der Waals surface area contributed by atoms with Crippen LogP contribution < -0.4 is 11.2 Å². The van der Waals surface area contributed by atoms with E-state index < -0.39 is 21.1 Å². The Hall–Kier alpha value is -2.17. The predicted molar refractivity (Wildman–Crippen MR) is 119 cm³/mol. The number of aliphatic hydroxyl groups excluding tert-OH is 1. The molecule has 0 aliphatic heterocycles. The molecule has 170 valence electrons. The SMILES string of the molecule is CCCS(=O)(=O)c1nc2c(c(=O)n(CCCO)c(=O)n2CC)n1CC1C=CC(Cl)=CC1. The molecule has 0 fully saturated rings. The molecular weight excluding hydrogens is 444 g/mol. The highest BCUT2D eigenvalue weighted by Crippen LogP contribution is 2.25. The molecule has 3 rings (SSSR count). The Kier molecular flexibility index (Phi) is 7.23. The molecule has 1 aliphatic carbocycles. The molecule has 0 aromatic carbocycles. The van der Waals surface area contributed by atoms with Crippen molar-refractivity contribution in [1.82, 2.24) is 18.7 Å². The Bertz CT molecular complexity index is 1250. The van der Waals surface area contributed by atoms with Gasteiger partial charge in [0.2, 0.25) is 15.0 Å². The van der Waals surface area contributed by atoms with Crippen LogP contribution in [0.3, 0.4) is 0 Å². The number of nitrogens with zero attached hydrogens (tertiary/aromatic N) is 4. The number of aryl methyl sites for hydroxylation is 1. The molecule has 1 unspecified atom stereocenters. The normalized spacial score (nSPS) is 16.8. The van der Waals surface area contributed by atoms with Crippen LogP contribution in [0.5, 0.6) is 0 Å². The number of aliphatic hydroxyl groups is 1. The van der Waals surface area contributed by atoms with E-state index in [9.17, 15) is 18.0 Å². The molecule has 2 aromatic rings. The zero-order valence-corrected chi connectivity index (χ0v) is 19.2. The molecular formula is C20H27ClN4O5S. The van der Waals surface area contributed by atoms with Gasteiger partial charge in [0, 0.05) is 31.3 Å². The van der Waals surface area contributed by atoms with E-state index in [0.29, 0.717) is 17.9 Å². The van der Waals surface area contributed by atoms with Gasteiger partial charge < -0.3 is 9.67 Å². The van der Waals surface area contributed by atoms with Crippen LogP contribution >= 0.6 is 11.6 Å². The minimum Gasteiger partial charge on any atom is -0.396 e. The van der Waals surface area contributed by atoms with E-state index in [1.165, 1.54) is 9.13 Å². The molecule has 2 heterocycles. The molecule has 0 saturated heterocycles.